The summed E-state index contributed by atoms with van der Waals surface area (Å²) >= 11 is 15.3. The van der Waals surface area contributed by atoms with Gasteiger partial charge in [0.2, 0.25) is 0 Å². The van der Waals surface area contributed by atoms with Crippen LogP contribution in [0.2, 0.25) is 5.02 Å². The van der Waals surface area contributed by atoms with Gasteiger partial charge in [0, 0.05) is 14.0 Å². The van der Waals surface area contributed by atoms with E-state index in [0.717, 1.165) is 61.1 Å². The zero-order valence-corrected chi connectivity index (χ0v) is 18.7. The predicted octanol–water partition coefficient (Wildman–Crippen LogP) is 6.57. The molecule has 2 aliphatic rings. The molecule has 1 saturated heterocycles. The van der Waals surface area contributed by atoms with Crippen LogP contribution in [0.25, 0.3) is 0 Å². The molecule has 0 aromatic heterocycles. The Morgan fingerprint density at radius 1 is 1.08 bits per heavy atom. The summed E-state index contributed by atoms with van der Waals surface area (Å²) in [4.78, 5) is 4.97. The largest absolute Gasteiger partial charge is 0.371 e. The number of aliphatic imine (C=N–C) groups is 1. The Hall–Kier alpha value is -0.690. The highest BCUT2D eigenvalue weighted by molar-refractivity contribution is 9.13. The van der Waals surface area contributed by atoms with E-state index in [1.54, 1.807) is 0 Å². The molecule has 2 aromatic rings. The van der Waals surface area contributed by atoms with Crippen molar-refractivity contribution in [1.82, 2.24) is 0 Å². The average molecular weight is 516 g/mol. The van der Waals surface area contributed by atoms with Gasteiger partial charge in [-0.2, -0.15) is 11.8 Å². The van der Waals surface area contributed by atoms with E-state index in [0.29, 0.717) is 6.54 Å². The van der Waals surface area contributed by atoms with Gasteiger partial charge < -0.3 is 10.6 Å². The number of thioether (sulfide) groups is 1. The van der Waals surface area contributed by atoms with E-state index in [9.17, 15) is 0 Å². The molecule has 2 heterocycles. The Balaban J connectivity index is 1.70. The molecule has 0 unspecified atom stereocenters. The molecule has 26 heavy (non-hydrogen) atoms. The van der Waals surface area contributed by atoms with E-state index in [-0.39, 0.29) is 5.54 Å². The van der Waals surface area contributed by atoms with E-state index in [4.69, 9.17) is 16.6 Å². The minimum atomic E-state index is -0.121. The fourth-order valence-electron chi connectivity index (χ4n) is 3.40. The van der Waals surface area contributed by atoms with Gasteiger partial charge in [-0.05, 0) is 86.0 Å². The standard InChI is InChI=1S/C19H18Br2ClN3S/c20-14-9-16-17(10-15(14)21)25-19(4-6-26-7-5-19)18(24-16)23-11-12-2-1-3-13(22)8-12/h1-3,8-10,25H,4-7,11H2,(H,23,24). The third-order valence-electron chi connectivity index (χ3n) is 4.80. The monoisotopic (exact) mass is 513 g/mol. The summed E-state index contributed by atoms with van der Waals surface area (Å²) in [5, 5.41) is 8.15. The molecule has 2 aliphatic heterocycles. The zero-order chi connectivity index (χ0) is 18.1. The first-order chi connectivity index (χ1) is 12.6. The number of hydrogen-bond donors (Lipinski definition) is 2. The second-order valence-electron chi connectivity index (χ2n) is 6.55. The second-order valence-corrected chi connectivity index (χ2v) is 9.92. The van der Waals surface area contributed by atoms with Crippen molar-refractivity contribution in [1.29, 1.82) is 0 Å². The lowest BCUT2D eigenvalue weighted by Gasteiger charge is -2.44. The first-order valence-electron chi connectivity index (χ1n) is 8.47. The Bertz CT molecular complexity index is 866. The van der Waals surface area contributed by atoms with E-state index in [2.05, 4.69) is 60.7 Å². The molecule has 136 valence electrons. The number of fused-ring (bicyclic) bond motifs is 1. The van der Waals surface area contributed by atoms with Crippen molar-refractivity contribution in [3.05, 3.63) is 55.9 Å². The van der Waals surface area contributed by atoms with E-state index < -0.39 is 0 Å². The highest BCUT2D eigenvalue weighted by Crippen LogP contribution is 2.42. The number of benzene rings is 2. The van der Waals surface area contributed by atoms with Crippen LogP contribution in [0.15, 0.2) is 50.3 Å². The maximum absolute atomic E-state index is 6.12. The molecule has 4 rings (SSSR count). The topological polar surface area (TPSA) is 36.4 Å². The number of halogens is 3. The average Bonchev–Trinajstić information content (AvgIpc) is 2.62. The highest BCUT2D eigenvalue weighted by atomic mass is 79.9. The highest BCUT2D eigenvalue weighted by Gasteiger charge is 2.41. The number of nitrogens with one attached hydrogen (secondary N) is 2. The number of anilines is 2. The lowest BCUT2D eigenvalue weighted by molar-refractivity contribution is 0.559. The maximum atomic E-state index is 6.12. The molecule has 0 atom stereocenters. The van der Waals surface area contributed by atoms with Crippen LogP contribution in [0.5, 0.6) is 0 Å². The number of hydrogen-bond acceptors (Lipinski definition) is 3. The molecule has 2 N–H and O–H groups in total. The van der Waals surface area contributed by atoms with Gasteiger partial charge in [0.15, 0.2) is 0 Å². The van der Waals surface area contributed by atoms with Crippen LogP contribution in [0, 0.1) is 0 Å². The van der Waals surface area contributed by atoms with Crippen molar-refractivity contribution in [2.75, 3.05) is 22.1 Å². The quantitative estimate of drug-likeness (QED) is 0.475. The SMILES string of the molecule is Clc1cccc(CN=C2Nc3cc(Br)c(Br)cc3NC23CCSCC3)c1. The second kappa shape index (κ2) is 7.74. The van der Waals surface area contributed by atoms with Crippen molar-refractivity contribution >= 4 is 72.4 Å². The first-order valence-corrected chi connectivity index (χ1v) is 11.6. The maximum Gasteiger partial charge on any atom is 0.127 e. The molecular weight excluding hydrogens is 498 g/mol. The van der Waals surface area contributed by atoms with Crippen LogP contribution in [0.4, 0.5) is 11.4 Å². The van der Waals surface area contributed by atoms with Crippen LogP contribution in [-0.4, -0.2) is 22.9 Å². The van der Waals surface area contributed by atoms with Gasteiger partial charge in [-0.25, -0.2) is 0 Å². The molecule has 0 amide bonds. The van der Waals surface area contributed by atoms with Crippen LogP contribution >= 0.6 is 55.2 Å². The van der Waals surface area contributed by atoms with Crippen LogP contribution in [0.3, 0.4) is 0 Å². The molecule has 0 aliphatic carbocycles. The van der Waals surface area contributed by atoms with Gasteiger partial charge in [0.1, 0.15) is 5.84 Å². The number of rotatable bonds is 2. The van der Waals surface area contributed by atoms with Crippen molar-refractivity contribution in [2.45, 2.75) is 24.9 Å². The van der Waals surface area contributed by atoms with Crippen molar-refractivity contribution in [2.24, 2.45) is 4.99 Å². The van der Waals surface area contributed by atoms with Crippen molar-refractivity contribution in [3.63, 3.8) is 0 Å². The minimum Gasteiger partial charge on any atom is -0.371 e. The van der Waals surface area contributed by atoms with Crippen LogP contribution < -0.4 is 10.6 Å². The molecule has 3 nitrogen and oxygen atoms in total. The van der Waals surface area contributed by atoms with Crippen LogP contribution in [0.1, 0.15) is 18.4 Å². The van der Waals surface area contributed by atoms with Gasteiger partial charge in [0.05, 0.1) is 23.5 Å². The summed E-state index contributed by atoms with van der Waals surface area (Å²) in [5.74, 6) is 3.30. The molecule has 0 radical (unpaired) electrons. The lowest BCUT2D eigenvalue weighted by Crippen LogP contribution is -2.54. The Labute approximate surface area is 179 Å². The third-order valence-corrected chi connectivity index (χ3v) is 7.86. The fourth-order valence-corrected chi connectivity index (χ4v) is 5.49. The summed E-state index contributed by atoms with van der Waals surface area (Å²) in [6.07, 6.45) is 2.12. The normalized spacial score (nSPS) is 19.7. The number of nitrogens with zero attached hydrogens (tertiary/aromatic N) is 1. The van der Waals surface area contributed by atoms with E-state index >= 15 is 0 Å². The van der Waals surface area contributed by atoms with E-state index in [1.165, 1.54) is 0 Å². The Kier molecular flexibility index (Phi) is 5.56. The smallest absolute Gasteiger partial charge is 0.127 e. The summed E-state index contributed by atoms with van der Waals surface area (Å²) in [5.41, 5.74) is 3.17. The molecule has 1 spiro atoms. The van der Waals surface area contributed by atoms with Gasteiger partial charge in [-0.15, -0.1) is 0 Å². The Morgan fingerprint density at radius 2 is 1.81 bits per heavy atom. The third kappa shape index (κ3) is 3.79. The molecular formula is C19H18Br2ClN3S. The summed E-state index contributed by atoms with van der Waals surface area (Å²) < 4.78 is 2.07. The number of amidine groups is 1. The molecule has 0 bridgehead atoms. The van der Waals surface area contributed by atoms with Crippen molar-refractivity contribution in [3.8, 4) is 0 Å². The van der Waals surface area contributed by atoms with Crippen molar-refractivity contribution < 1.29 is 0 Å². The molecule has 1 fully saturated rings. The lowest BCUT2D eigenvalue weighted by atomic mass is 9.87. The van der Waals surface area contributed by atoms with E-state index in [1.807, 2.05) is 30.0 Å². The van der Waals surface area contributed by atoms with Crippen LogP contribution in [-0.2, 0) is 6.54 Å². The summed E-state index contributed by atoms with van der Waals surface area (Å²) in [7, 11) is 0. The van der Waals surface area contributed by atoms with Gasteiger partial charge >= 0.3 is 0 Å². The van der Waals surface area contributed by atoms with Gasteiger partial charge in [-0.1, -0.05) is 23.7 Å². The Morgan fingerprint density at radius 3 is 2.54 bits per heavy atom. The zero-order valence-electron chi connectivity index (χ0n) is 14.0. The summed E-state index contributed by atoms with van der Waals surface area (Å²) in [6.45, 7) is 0.618. The minimum absolute atomic E-state index is 0.121. The fraction of sp³-hybridized carbons (Fsp3) is 0.316. The summed E-state index contributed by atoms with van der Waals surface area (Å²) in [6, 6.07) is 12.1. The first kappa shape index (κ1) is 18.7. The van der Waals surface area contributed by atoms with Gasteiger partial charge in [0.25, 0.3) is 0 Å². The molecule has 0 saturated carbocycles. The predicted molar refractivity (Wildman–Crippen MR) is 121 cm³/mol. The van der Waals surface area contributed by atoms with Gasteiger partial charge in [-0.3, -0.25) is 4.99 Å². The molecule has 7 heteroatoms. The molecule has 2 aromatic carbocycles.